The van der Waals surface area contributed by atoms with Gasteiger partial charge in [-0.15, -0.1) is 0 Å². The quantitative estimate of drug-likeness (QED) is 0.392. The van der Waals surface area contributed by atoms with Gasteiger partial charge in [0.25, 0.3) is 0 Å². The molecule has 0 aromatic heterocycles. The Bertz CT molecular complexity index is 942. The molecule has 0 saturated heterocycles. The number of unbranched alkanes of at least 4 members (excludes halogenated alkanes) is 5. The largest absolute Gasteiger partial charge is 0.504 e. The molecule has 2 aliphatic rings. The van der Waals surface area contributed by atoms with Gasteiger partial charge in [0, 0.05) is 24.7 Å². The number of rotatable bonds is 11. The molecule has 2 aliphatic heterocycles. The van der Waals surface area contributed by atoms with Crippen molar-refractivity contribution in [2.24, 2.45) is 0 Å². The van der Waals surface area contributed by atoms with Crippen LogP contribution in [-0.2, 0) is 19.4 Å². The summed E-state index contributed by atoms with van der Waals surface area (Å²) in [7, 11) is 0. The van der Waals surface area contributed by atoms with Gasteiger partial charge in [0.1, 0.15) is 0 Å². The van der Waals surface area contributed by atoms with E-state index in [9.17, 15) is 10.2 Å². The van der Waals surface area contributed by atoms with Gasteiger partial charge in [0.15, 0.2) is 23.0 Å². The van der Waals surface area contributed by atoms with E-state index < -0.39 is 0 Å². The minimum Gasteiger partial charge on any atom is -0.504 e. The Kier molecular flexibility index (Phi) is 8.02. The zero-order valence-corrected chi connectivity index (χ0v) is 20.2. The van der Waals surface area contributed by atoms with E-state index in [4.69, 9.17) is 9.47 Å². The lowest BCUT2D eigenvalue weighted by Crippen LogP contribution is -2.39. The Hall–Kier alpha value is -2.40. The third-order valence-corrected chi connectivity index (χ3v) is 7.05. The topological polar surface area (TPSA) is 62.2 Å². The molecule has 0 bridgehead atoms. The van der Waals surface area contributed by atoms with Crippen molar-refractivity contribution in [2.75, 3.05) is 19.8 Å². The van der Waals surface area contributed by atoms with E-state index in [0.717, 1.165) is 57.2 Å². The average molecular weight is 454 g/mol. The van der Waals surface area contributed by atoms with E-state index in [-0.39, 0.29) is 17.5 Å². The smallest absolute Gasteiger partial charge is 0.165 e. The van der Waals surface area contributed by atoms with Gasteiger partial charge in [0.05, 0.1) is 13.2 Å². The standard InChI is InChI=1S/C28H39NO4/c1-3-5-7-9-14-32-27-17-21-12-13-29-19-23-20(16-24(29)22(21)18-26(27)31)10-11-25(30)28(23)33-15-8-6-4-2/h10-11,17-18,24,30-31H,3-9,12-16,19H2,1-2H3/t24-/m0/s1. The Labute approximate surface area is 198 Å². The summed E-state index contributed by atoms with van der Waals surface area (Å²) in [6.07, 6.45) is 9.68. The second-order valence-electron chi connectivity index (χ2n) is 9.48. The van der Waals surface area contributed by atoms with Gasteiger partial charge < -0.3 is 19.7 Å². The minimum absolute atomic E-state index is 0.225. The van der Waals surface area contributed by atoms with Crippen molar-refractivity contribution < 1.29 is 19.7 Å². The number of ether oxygens (including phenoxy) is 2. The predicted octanol–water partition coefficient (Wildman–Crippen LogP) is 6.28. The Morgan fingerprint density at radius 3 is 2.45 bits per heavy atom. The maximum Gasteiger partial charge on any atom is 0.165 e. The highest BCUT2D eigenvalue weighted by Crippen LogP contribution is 2.45. The van der Waals surface area contributed by atoms with Crippen molar-refractivity contribution in [3.05, 3.63) is 46.5 Å². The van der Waals surface area contributed by atoms with Crippen LogP contribution in [0.1, 0.15) is 87.1 Å². The van der Waals surface area contributed by atoms with Gasteiger partial charge in [-0.05, 0) is 60.6 Å². The van der Waals surface area contributed by atoms with Gasteiger partial charge in [-0.3, -0.25) is 4.90 Å². The first-order chi connectivity index (χ1) is 16.1. The number of phenols is 2. The first kappa shape index (κ1) is 23.7. The van der Waals surface area contributed by atoms with E-state index in [1.54, 1.807) is 6.07 Å². The number of benzene rings is 2. The van der Waals surface area contributed by atoms with Crippen LogP contribution in [0.15, 0.2) is 24.3 Å². The molecule has 0 fully saturated rings. The van der Waals surface area contributed by atoms with E-state index in [1.165, 1.54) is 36.0 Å². The van der Waals surface area contributed by atoms with E-state index in [2.05, 4.69) is 24.8 Å². The summed E-state index contributed by atoms with van der Waals surface area (Å²) in [5, 5.41) is 21.2. The molecule has 2 heterocycles. The molecule has 0 aliphatic carbocycles. The molecule has 0 spiro atoms. The number of nitrogens with zero attached hydrogens (tertiary/aromatic N) is 1. The predicted molar refractivity (Wildman–Crippen MR) is 131 cm³/mol. The van der Waals surface area contributed by atoms with E-state index >= 15 is 0 Å². The number of hydrogen-bond donors (Lipinski definition) is 2. The fourth-order valence-electron chi connectivity index (χ4n) is 5.14. The lowest BCUT2D eigenvalue weighted by Gasteiger charge is -2.42. The summed E-state index contributed by atoms with van der Waals surface area (Å²) in [5.41, 5.74) is 4.81. The lowest BCUT2D eigenvalue weighted by molar-refractivity contribution is 0.155. The van der Waals surface area contributed by atoms with Crippen LogP contribution in [0.25, 0.3) is 0 Å². The molecule has 0 amide bonds. The van der Waals surface area contributed by atoms with Crippen molar-refractivity contribution in [2.45, 2.75) is 84.2 Å². The molecule has 2 aromatic carbocycles. The van der Waals surface area contributed by atoms with Gasteiger partial charge in [-0.2, -0.15) is 0 Å². The van der Waals surface area contributed by atoms with Gasteiger partial charge in [-0.1, -0.05) is 52.0 Å². The Morgan fingerprint density at radius 1 is 0.879 bits per heavy atom. The third-order valence-electron chi connectivity index (χ3n) is 7.05. The first-order valence-corrected chi connectivity index (χ1v) is 12.8. The molecular formula is C28H39NO4. The average Bonchev–Trinajstić information content (AvgIpc) is 2.82. The number of phenolic OH excluding ortho intramolecular Hbond substituents is 2. The molecule has 180 valence electrons. The zero-order chi connectivity index (χ0) is 23.2. The van der Waals surface area contributed by atoms with Crippen molar-refractivity contribution >= 4 is 0 Å². The number of fused-ring (bicyclic) bond motifs is 4. The van der Waals surface area contributed by atoms with Crippen molar-refractivity contribution in [3.63, 3.8) is 0 Å². The zero-order valence-electron chi connectivity index (χ0n) is 20.2. The molecule has 5 nitrogen and oxygen atoms in total. The van der Waals surface area contributed by atoms with Crippen LogP contribution in [0, 0.1) is 0 Å². The molecule has 2 aromatic rings. The normalized spacial score (nSPS) is 17.2. The first-order valence-electron chi connectivity index (χ1n) is 12.8. The summed E-state index contributed by atoms with van der Waals surface area (Å²) >= 11 is 0. The summed E-state index contributed by atoms with van der Waals surface area (Å²) in [6.45, 7) is 7.37. The molecule has 2 N–H and O–H groups in total. The van der Waals surface area contributed by atoms with Crippen LogP contribution < -0.4 is 9.47 Å². The fraction of sp³-hybridized carbons (Fsp3) is 0.571. The molecule has 5 heteroatoms. The highest BCUT2D eigenvalue weighted by Gasteiger charge is 2.34. The molecule has 4 rings (SSSR count). The third kappa shape index (κ3) is 5.40. The molecule has 0 saturated carbocycles. The molecule has 33 heavy (non-hydrogen) atoms. The Morgan fingerprint density at radius 2 is 1.64 bits per heavy atom. The van der Waals surface area contributed by atoms with Crippen molar-refractivity contribution in [1.29, 1.82) is 0 Å². The number of aromatic hydroxyl groups is 2. The SMILES string of the molecule is CCCCCCOc1cc2c(cc1O)[C@@H]1Cc3ccc(O)c(OCCCCC)c3CN1CC2. The molecular weight excluding hydrogens is 414 g/mol. The van der Waals surface area contributed by atoms with Crippen LogP contribution in [0.2, 0.25) is 0 Å². The van der Waals surface area contributed by atoms with Gasteiger partial charge >= 0.3 is 0 Å². The Balaban J connectivity index is 1.50. The summed E-state index contributed by atoms with van der Waals surface area (Å²) < 4.78 is 12.0. The highest BCUT2D eigenvalue weighted by atomic mass is 16.5. The monoisotopic (exact) mass is 453 g/mol. The summed E-state index contributed by atoms with van der Waals surface area (Å²) in [5.74, 6) is 1.74. The maximum absolute atomic E-state index is 10.7. The fourth-order valence-corrected chi connectivity index (χ4v) is 5.14. The van der Waals surface area contributed by atoms with Crippen LogP contribution in [0.3, 0.4) is 0 Å². The van der Waals surface area contributed by atoms with E-state index in [1.807, 2.05) is 12.1 Å². The van der Waals surface area contributed by atoms with Gasteiger partial charge in [-0.25, -0.2) is 0 Å². The summed E-state index contributed by atoms with van der Waals surface area (Å²) in [4.78, 5) is 2.45. The van der Waals surface area contributed by atoms with Crippen LogP contribution >= 0.6 is 0 Å². The molecule has 0 unspecified atom stereocenters. The lowest BCUT2D eigenvalue weighted by atomic mass is 9.83. The molecule has 0 radical (unpaired) electrons. The van der Waals surface area contributed by atoms with Crippen LogP contribution in [-0.4, -0.2) is 34.9 Å². The summed E-state index contributed by atoms with van der Waals surface area (Å²) in [6, 6.07) is 7.99. The van der Waals surface area contributed by atoms with Crippen LogP contribution in [0.4, 0.5) is 0 Å². The van der Waals surface area contributed by atoms with Crippen molar-refractivity contribution in [1.82, 2.24) is 4.90 Å². The second kappa shape index (κ2) is 11.1. The number of hydrogen-bond acceptors (Lipinski definition) is 5. The van der Waals surface area contributed by atoms with Crippen molar-refractivity contribution in [3.8, 4) is 23.0 Å². The van der Waals surface area contributed by atoms with Crippen LogP contribution in [0.5, 0.6) is 23.0 Å². The highest BCUT2D eigenvalue weighted by molar-refractivity contribution is 5.54. The minimum atomic E-state index is 0.225. The maximum atomic E-state index is 10.7. The van der Waals surface area contributed by atoms with Gasteiger partial charge in [0.2, 0.25) is 0 Å². The second-order valence-corrected chi connectivity index (χ2v) is 9.48. The van der Waals surface area contributed by atoms with E-state index in [0.29, 0.717) is 24.7 Å². The molecule has 1 atom stereocenters.